The molecule has 4 aromatic rings. The minimum Gasteiger partial charge on any atom is -0.371 e. The second-order valence-electron chi connectivity index (χ2n) is 9.21. The number of aromatic nitrogens is 6. The van der Waals surface area contributed by atoms with E-state index in [9.17, 15) is 9.90 Å². The van der Waals surface area contributed by atoms with Crippen molar-refractivity contribution in [3.63, 3.8) is 0 Å². The number of amides is 1. The van der Waals surface area contributed by atoms with E-state index in [0.717, 1.165) is 28.9 Å². The van der Waals surface area contributed by atoms with Gasteiger partial charge in [0, 0.05) is 48.9 Å². The summed E-state index contributed by atoms with van der Waals surface area (Å²) in [7, 11) is 1.87. The summed E-state index contributed by atoms with van der Waals surface area (Å²) in [6.45, 7) is 1.56. The molecule has 0 radical (unpaired) electrons. The number of hydrogen-bond donors (Lipinski definition) is 2. The second kappa shape index (κ2) is 8.00. The molecule has 2 bridgehead atoms. The Morgan fingerprint density at radius 3 is 2.69 bits per heavy atom. The number of benzene rings is 1. The lowest BCUT2D eigenvalue weighted by molar-refractivity contribution is 0.0994. The van der Waals surface area contributed by atoms with Crippen LogP contribution >= 0.6 is 0 Å². The van der Waals surface area contributed by atoms with Gasteiger partial charge in [0.15, 0.2) is 11.4 Å². The number of aliphatic hydroxyl groups is 1. The summed E-state index contributed by atoms with van der Waals surface area (Å²) in [5.41, 5.74) is 10.1. The van der Waals surface area contributed by atoms with Gasteiger partial charge in [0.25, 0.3) is 5.91 Å². The third kappa shape index (κ3) is 3.51. The summed E-state index contributed by atoms with van der Waals surface area (Å²) in [6, 6.07) is 9.59. The van der Waals surface area contributed by atoms with Crippen LogP contribution in [0.1, 0.15) is 58.2 Å². The average molecular weight is 478 g/mol. The number of allylic oxidation sites excluding steroid dienone is 2. The van der Waals surface area contributed by atoms with Crippen LogP contribution in [0.4, 0.5) is 0 Å². The summed E-state index contributed by atoms with van der Waals surface area (Å²) in [4.78, 5) is 25.4. The van der Waals surface area contributed by atoms with Crippen LogP contribution in [-0.4, -0.2) is 40.3 Å². The SMILES string of the molecule is Cn1nccc1Cc1c(C(N)=O)nc2n1C1C=C(C1)c1ccc(C#C[C@@](C)(O)c3ncccn3)cc1-2. The van der Waals surface area contributed by atoms with Gasteiger partial charge in [0.05, 0.1) is 11.7 Å². The molecule has 0 spiro atoms. The second-order valence-corrected chi connectivity index (χ2v) is 9.21. The van der Waals surface area contributed by atoms with Gasteiger partial charge < -0.3 is 15.4 Å². The maximum atomic E-state index is 12.4. The number of rotatable bonds is 4. The van der Waals surface area contributed by atoms with E-state index in [2.05, 4.69) is 37.6 Å². The number of nitrogens with zero attached hydrogens (tertiary/aromatic N) is 6. The number of aryl methyl sites for hydroxylation is 1. The van der Waals surface area contributed by atoms with Gasteiger partial charge in [-0.1, -0.05) is 24.0 Å². The molecular formula is C27H23N7O2. The minimum atomic E-state index is -1.51. The zero-order chi connectivity index (χ0) is 25.0. The minimum absolute atomic E-state index is 0.0942. The Balaban J connectivity index is 1.47. The molecule has 1 unspecified atom stereocenters. The van der Waals surface area contributed by atoms with Crippen molar-refractivity contribution in [1.29, 1.82) is 0 Å². The number of primary amides is 1. The van der Waals surface area contributed by atoms with Crippen LogP contribution < -0.4 is 5.73 Å². The van der Waals surface area contributed by atoms with E-state index in [0.29, 0.717) is 17.8 Å². The van der Waals surface area contributed by atoms with Crippen molar-refractivity contribution in [1.82, 2.24) is 29.3 Å². The molecule has 2 aliphatic heterocycles. The molecule has 1 aliphatic carbocycles. The van der Waals surface area contributed by atoms with E-state index in [-0.39, 0.29) is 17.6 Å². The first-order valence-electron chi connectivity index (χ1n) is 11.6. The van der Waals surface area contributed by atoms with Gasteiger partial charge in [0.1, 0.15) is 11.5 Å². The number of carbonyl (C=O) groups excluding carboxylic acids is 1. The summed E-state index contributed by atoms with van der Waals surface area (Å²) in [6.07, 6.45) is 8.40. The van der Waals surface area contributed by atoms with Crippen LogP contribution in [-0.2, 0) is 19.1 Å². The zero-order valence-corrected chi connectivity index (χ0v) is 19.8. The molecule has 5 heterocycles. The first-order valence-corrected chi connectivity index (χ1v) is 11.6. The summed E-state index contributed by atoms with van der Waals surface area (Å²) in [5, 5.41) is 15.1. The van der Waals surface area contributed by atoms with Crippen molar-refractivity contribution in [2.45, 2.75) is 31.4 Å². The number of nitrogens with two attached hydrogens (primary N) is 1. The van der Waals surface area contributed by atoms with Crippen molar-refractivity contribution < 1.29 is 9.90 Å². The molecule has 178 valence electrons. The molecule has 0 saturated carbocycles. The lowest BCUT2D eigenvalue weighted by Gasteiger charge is -2.26. The molecular weight excluding hydrogens is 454 g/mol. The van der Waals surface area contributed by atoms with E-state index in [4.69, 9.17) is 10.7 Å². The van der Waals surface area contributed by atoms with Crippen LogP contribution in [0, 0.1) is 11.8 Å². The molecule has 3 N–H and O–H groups in total. The predicted molar refractivity (Wildman–Crippen MR) is 132 cm³/mol. The fraction of sp³-hybridized carbons (Fsp3) is 0.222. The Kier molecular flexibility index (Phi) is 4.88. The number of hydrogen-bond acceptors (Lipinski definition) is 6. The Morgan fingerprint density at radius 1 is 1.22 bits per heavy atom. The van der Waals surface area contributed by atoms with Gasteiger partial charge in [-0.2, -0.15) is 5.10 Å². The van der Waals surface area contributed by atoms with E-state index in [1.807, 2.05) is 31.3 Å². The van der Waals surface area contributed by atoms with Crippen molar-refractivity contribution in [2.24, 2.45) is 12.8 Å². The monoisotopic (exact) mass is 477 g/mol. The molecule has 1 aromatic carbocycles. The summed E-state index contributed by atoms with van der Waals surface area (Å²) in [5.74, 6) is 6.31. The maximum Gasteiger partial charge on any atom is 0.269 e. The lowest BCUT2D eigenvalue weighted by atomic mass is 9.86. The predicted octanol–water partition coefficient (Wildman–Crippen LogP) is 2.36. The van der Waals surface area contributed by atoms with Crippen molar-refractivity contribution in [3.05, 3.63) is 89.0 Å². The fourth-order valence-corrected chi connectivity index (χ4v) is 4.80. The first kappa shape index (κ1) is 21.9. The van der Waals surface area contributed by atoms with Gasteiger partial charge in [-0.25, -0.2) is 15.0 Å². The molecule has 2 atom stereocenters. The first-order chi connectivity index (χ1) is 17.3. The Bertz CT molecular complexity index is 1620. The quantitative estimate of drug-likeness (QED) is 0.435. The molecule has 0 saturated heterocycles. The molecule has 3 aliphatic rings. The fourth-order valence-electron chi connectivity index (χ4n) is 4.80. The molecule has 3 aromatic heterocycles. The van der Waals surface area contributed by atoms with Crippen LogP contribution in [0.25, 0.3) is 17.0 Å². The average Bonchev–Trinajstić information content (AvgIpc) is 3.35. The summed E-state index contributed by atoms with van der Waals surface area (Å²) >= 11 is 0. The van der Waals surface area contributed by atoms with Crippen LogP contribution in [0.2, 0.25) is 0 Å². The maximum absolute atomic E-state index is 12.4. The normalized spacial score (nSPS) is 16.9. The Labute approximate surface area is 207 Å². The van der Waals surface area contributed by atoms with Crippen LogP contribution in [0.3, 0.4) is 0 Å². The molecule has 1 amide bonds. The molecule has 0 fully saturated rings. The highest BCUT2D eigenvalue weighted by atomic mass is 16.3. The molecule has 9 heteroatoms. The third-order valence-electron chi connectivity index (χ3n) is 6.73. The lowest BCUT2D eigenvalue weighted by Crippen LogP contribution is -2.21. The van der Waals surface area contributed by atoms with Gasteiger partial charge in [-0.05, 0) is 48.7 Å². The largest absolute Gasteiger partial charge is 0.371 e. The molecule has 36 heavy (non-hydrogen) atoms. The smallest absolute Gasteiger partial charge is 0.269 e. The van der Waals surface area contributed by atoms with Crippen molar-refractivity contribution in [3.8, 4) is 23.2 Å². The molecule has 9 nitrogen and oxygen atoms in total. The van der Waals surface area contributed by atoms with E-state index >= 15 is 0 Å². The van der Waals surface area contributed by atoms with Crippen LogP contribution in [0.5, 0.6) is 0 Å². The van der Waals surface area contributed by atoms with E-state index in [1.165, 1.54) is 5.57 Å². The standard InChI is InChI=1S/C27H23N7O2/c1-27(36,26-29-9-3-10-30-26)8-6-16-4-5-20-17-13-19(14-17)34-22(15-18-7-11-31-33(18)2)23(24(28)35)32-25(34)21(20)12-16/h3-5,7,9-13,19,36H,14-15H2,1-2H3,(H2,28,35)/t19?,27-/m1/s1. The van der Waals surface area contributed by atoms with E-state index in [1.54, 1.807) is 36.3 Å². The highest BCUT2D eigenvalue weighted by Gasteiger charge is 2.35. The van der Waals surface area contributed by atoms with Gasteiger partial charge in [-0.3, -0.25) is 9.48 Å². The highest BCUT2D eigenvalue weighted by Crippen LogP contribution is 2.48. The van der Waals surface area contributed by atoms with Crippen LogP contribution in [0.15, 0.2) is 55.0 Å². The summed E-state index contributed by atoms with van der Waals surface area (Å²) < 4.78 is 3.90. The number of carbonyl (C=O) groups is 1. The van der Waals surface area contributed by atoms with Gasteiger partial charge in [0.2, 0.25) is 0 Å². The molecule has 7 rings (SSSR count). The van der Waals surface area contributed by atoms with E-state index < -0.39 is 11.5 Å². The Hall–Kier alpha value is -4.55. The van der Waals surface area contributed by atoms with Gasteiger partial charge >= 0.3 is 0 Å². The number of imidazole rings is 1. The topological polar surface area (TPSA) is 125 Å². The van der Waals surface area contributed by atoms with Crippen molar-refractivity contribution in [2.75, 3.05) is 0 Å². The highest BCUT2D eigenvalue weighted by molar-refractivity contribution is 5.94. The Morgan fingerprint density at radius 2 is 2.00 bits per heavy atom. The van der Waals surface area contributed by atoms with Gasteiger partial charge in [-0.15, -0.1) is 0 Å². The van der Waals surface area contributed by atoms with Crippen molar-refractivity contribution >= 4 is 11.5 Å². The third-order valence-corrected chi connectivity index (χ3v) is 6.73. The zero-order valence-electron chi connectivity index (χ0n) is 19.8.